The van der Waals surface area contributed by atoms with Gasteiger partial charge in [-0.05, 0) is 82.4 Å². The van der Waals surface area contributed by atoms with Crippen LogP contribution < -0.4 is 15.4 Å². The predicted molar refractivity (Wildman–Crippen MR) is 184 cm³/mol. The highest BCUT2D eigenvalue weighted by molar-refractivity contribution is 6.35. The summed E-state index contributed by atoms with van der Waals surface area (Å²) in [5.41, 5.74) is 3.35. The Morgan fingerprint density at radius 2 is 1.81 bits per heavy atom. The first-order valence-electron chi connectivity index (χ1n) is 16.4. The fourth-order valence-electron chi connectivity index (χ4n) is 6.15. The maximum absolute atomic E-state index is 12.3. The number of likely N-dealkylation sites (tertiary alicyclic amines) is 1. The zero-order valence-corrected chi connectivity index (χ0v) is 28.8. The molecule has 0 radical (unpaired) electrons. The van der Waals surface area contributed by atoms with Crippen LogP contribution in [0.25, 0.3) is 11.3 Å². The minimum atomic E-state index is -0.299. The third-order valence-corrected chi connectivity index (χ3v) is 9.27. The molecule has 1 amide bonds. The molecule has 2 atom stereocenters. The molecule has 0 spiro atoms. The largest absolute Gasteiger partial charge is 0.465 e. The number of carbonyl (C=O) groups excluding carboxylic acids is 2. The lowest BCUT2D eigenvalue weighted by atomic mass is 9.96. The number of aromatic nitrogens is 2. The molecule has 2 aliphatic heterocycles. The van der Waals surface area contributed by atoms with Crippen LogP contribution in [0.15, 0.2) is 48.7 Å². The molecule has 2 unspecified atom stereocenters. The van der Waals surface area contributed by atoms with Crippen LogP contribution in [0.2, 0.25) is 10.0 Å². The van der Waals surface area contributed by atoms with Gasteiger partial charge < -0.3 is 20.1 Å². The minimum absolute atomic E-state index is 0.00380. The Balaban J connectivity index is 1.33. The first kappa shape index (κ1) is 35.0. The van der Waals surface area contributed by atoms with E-state index in [1.54, 1.807) is 19.2 Å². The minimum Gasteiger partial charge on any atom is -0.465 e. The second-order valence-electron chi connectivity index (χ2n) is 12.3. The normalized spacial score (nSPS) is 18.7. The Labute approximate surface area is 287 Å². The molecular formula is C35H44Cl2N6O4. The average Bonchev–Trinajstić information content (AvgIpc) is 3.31. The Kier molecular flexibility index (Phi) is 12.5. The lowest BCUT2D eigenvalue weighted by Gasteiger charge is -2.32. The highest BCUT2D eigenvalue weighted by Crippen LogP contribution is 2.33. The van der Waals surface area contributed by atoms with E-state index in [9.17, 15) is 9.59 Å². The molecule has 12 heteroatoms. The number of nitrogens with one attached hydrogen (secondary N) is 2. The molecule has 0 aliphatic carbocycles. The molecule has 47 heavy (non-hydrogen) atoms. The van der Waals surface area contributed by atoms with E-state index in [1.165, 1.54) is 0 Å². The molecule has 252 valence electrons. The van der Waals surface area contributed by atoms with Gasteiger partial charge in [-0.1, -0.05) is 29.3 Å². The number of ether oxygens (including phenoxy) is 2. The Hall–Kier alpha value is -3.28. The van der Waals surface area contributed by atoms with E-state index in [0.29, 0.717) is 46.4 Å². The van der Waals surface area contributed by atoms with E-state index >= 15 is 0 Å². The van der Waals surface area contributed by atoms with Gasteiger partial charge in [0.1, 0.15) is 11.8 Å². The Bertz CT molecular complexity index is 1510. The van der Waals surface area contributed by atoms with Gasteiger partial charge >= 0.3 is 5.97 Å². The molecule has 0 saturated carbocycles. The number of rotatable bonds is 11. The Morgan fingerprint density at radius 1 is 1.04 bits per heavy atom. The lowest BCUT2D eigenvalue weighted by molar-refractivity contribution is -0.148. The van der Waals surface area contributed by atoms with Crippen molar-refractivity contribution < 1.29 is 19.1 Å². The SMILES string of the molecule is CCOC(=O)C(C)N1CCNC(c2cc(Oc3nc(-c4cc(Cl)cc(Cl)c4)ccc3CN3CCC(CNC(C)=O)CC3)ccn2)CC1. The van der Waals surface area contributed by atoms with E-state index in [-0.39, 0.29) is 24.0 Å². The van der Waals surface area contributed by atoms with Crippen molar-refractivity contribution in [1.82, 2.24) is 30.4 Å². The number of carbonyl (C=O) groups is 2. The van der Waals surface area contributed by atoms with E-state index in [0.717, 1.165) is 75.4 Å². The van der Waals surface area contributed by atoms with Crippen LogP contribution in [0.5, 0.6) is 11.6 Å². The topological polar surface area (TPSA) is 109 Å². The standard InChI is InChI=1S/C35H44Cl2N6O4/c1-4-46-35(45)23(2)43-15-10-32(39-12-16-43)33-20-30(7-11-38-33)47-34-26(22-42-13-8-25(9-14-42)21-40-24(3)44)5-6-31(41-34)27-17-28(36)19-29(37)18-27/h5-7,11,17-20,23,25,32,39H,4,8-10,12-16,21-22H2,1-3H3,(H,40,44). The number of nitrogens with zero attached hydrogens (tertiary/aromatic N) is 4. The predicted octanol–water partition coefficient (Wildman–Crippen LogP) is 5.88. The maximum atomic E-state index is 12.3. The summed E-state index contributed by atoms with van der Waals surface area (Å²) >= 11 is 12.7. The number of amides is 1. The van der Waals surface area contributed by atoms with Crippen molar-refractivity contribution in [3.05, 3.63) is 70.0 Å². The second kappa shape index (κ2) is 16.7. The number of benzene rings is 1. The van der Waals surface area contributed by atoms with Crippen LogP contribution in [-0.2, 0) is 20.9 Å². The van der Waals surface area contributed by atoms with Crippen LogP contribution in [0, 0.1) is 5.92 Å². The van der Waals surface area contributed by atoms with E-state index in [1.807, 2.05) is 44.2 Å². The van der Waals surface area contributed by atoms with Gasteiger partial charge in [0.25, 0.3) is 0 Å². The van der Waals surface area contributed by atoms with Crippen molar-refractivity contribution in [2.24, 2.45) is 5.92 Å². The van der Waals surface area contributed by atoms with Crippen LogP contribution in [0.3, 0.4) is 0 Å². The molecule has 10 nitrogen and oxygen atoms in total. The number of esters is 1. The summed E-state index contributed by atoms with van der Waals surface area (Å²) in [7, 11) is 0. The van der Waals surface area contributed by atoms with Crippen molar-refractivity contribution in [2.45, 2.75) is 58.7 Å². The summed E-state index contributed by atoms with van der Waals surface area (Å²) < 4.78 is 11.8. The first-order chi connectivity index (χ1) is 22.7. The van der Waals surface area contributed by atoms with Gasteiger partial charge in [0.2, 0.25) is 11.8 Å². The summed E-state index contributed by atoms with van der Waals surface area (Å²) in [6.45, 7) is 11.1. The van der Waals surface area contributed by atoms with Crippen molar-refractivity contribution in [3.63, 3.8) is 0 Å². The Morgan fingerprint density at radius 3 is 2.53 bits per heavy atom. The van der Waals surface area contributed by atoms with E-state index in [2.05, 4.69) is 31.5 Å². The fourth-order valence-corrected chi connectivity index (χ4v) is 6.68. The quantitative estimate of drug-likeness (QED) is 0.240. The molecular weight excluding hydrogens is 639 g/mol. The summed E-state index contributed by atoms with van der Waals surface area (Å²) in [5.74, 6) is 1.45. The monoisotopic (exact) mass is 682 g/mol. The van der Waals surface area contributed by atoms with Gasteiger partial charge in [0.05, 0.1) is 24.0 Å². The van der Waals surface area contributed by atoms with Gasteiger partial charge in [0.15, 0.2) is 0 Å². The molecule has 2 aliphatic rings. The fraction of sp³-hybridized carbons (Fsp3) is 0.486. The van der Waals surface area contributed by atoms with Gasteiger partial charge in [-0.2, -0.15) is 0 Å². The molecule has 5 rings (SSSR count). The number of hydrogen-bond acceptors (Lipinski definition) is 9. The number of hydrogen-bond donors (Lipinski definition) is 2. The number of halogens is 2. The first-order valence-corrected chi connectivity index (χ1v) is 17.1. The van der Waals surface area contributed by atoms with E-state index in [4.69, 9.17) is 37.7 Å². The van der Waals surface area contributed by atoms with Crippen molar-refractivity contribution in [3.8, 4) is 22.9 Å². The molecule has 3 aromatic rings. The van der Waals surface area contributed by atoms with Crippen molar-refractivity contribution >= 4 is 35.1 Å². The second-order valence-corrected chi connectivity index (χ2v) is 13.1. The highest BCUT2D eigenvalue weighted by atomic mass is 35.5. The molecule has 2 aromatic heterocycles. The third kappa shape index (κ3) is 9.87. The average molecular weight is 684 g/mol. The zero-order valence-electron chi connectivity index (χ0n) is 27.3. The molecule has 1 aromatic carbocycles. The summed E-state index contributed by atoms with van der Waals surface area (Å²) in [6.07, 6.45) is 4.57. The molecule has 4 heterocycles. The van der Waals surface area contributed by atoms with Crippen molar-refractivity contribution in [1.29, 1.82) is 0 Å². The number of piperidine rings is 1. The van der Waals surface area contributed by atoms with Crippen LogP contribution in [0.4, 0.5) is 0 Å². The summed E-state index contributed by atoms with van der Waals surface area (Å²) in [5, 5.41) is 7.61. The van der Waals surface area contributed by atoms with E-state index < -0.39 is 0 Å². The summed E-state index contributed by atoms with van der Waals surface area (Å²) in [6, 6.07) is 12.9. The van der Waals surface area contributed by atoms with Gasteiger partial charge in [-0.3, -0.25) is 24.4 Å². The molecule has 2 fully saturated rings. The highest BCUT2D eigenvalue weighted by Gasteiger charge is 2.27. The third-order valence-electron chi connectivity index (χ3n) is 8.83. The number of pyridine rings is 2. The van der Waals surface area contributed by atoms with Crippen molar-refractivity contribution in [2.75, 3.05) is 45.9 Å². The molecule has 0 bridgehead atoms. The van der Waals surface area contributed by atoms with Gasteiger partial charge in [-0.25, -0.2) is 4.98 Å². The van der Waals surface area contributed by atoms with Crippen LogP contribution in [0.1, 0.15) is 57.3 Å². The van der Waals surface area contributed by atoms with Crippen LogP contribution >= 0.6 is 23.2 Å². The summed E-state index contributed by atoms with van der Waals surface area (Å²) in [4.78, 5) is 37.9. The van der Waals surface area contributed by atoms with Gasteiger partial charge in [0, 0.05) is 73.1 Å². The zero-order chi connectivity index (χ0) is 33.3. The molecule has 2 N–H and O–H groups in total. The molecule has 2 saturated heterocycles. The lowest BCUT2D eigenvalue weighted by Crippen LogP contribution is -2.41. The smallest absolute Gasteiger partial charge is 0.323 e. The van der Waals surface area contributed by atoms with Crippen LogP contribution in [-0.4, -0.2) is 83.6 Å². The van der Waals surface area contributed by atoms with Gasteiger partial charge in [-0.15, -0.1) is 0 Å². The maximum Gasteiger partial charge on any atom is 0.323 e.